The second kappa shape index (κ2) is 4.90. The van der Waals surface area contributed by atoms with Crippen LogP contribution in [0.1, 0.15) is 6.92 Å². The van der Waals surface area contributed by atoms with Crippen LogP contribution in [-0.2, 0) is 0 Å². The van der Waals surface area contributed by atoms with Crippen LogP contribution < -0.4 is 14.8 Å². The highest BCUT2D eigenvalue weighted by Gasteiger charge is 2.14. The van der Waals surface area contributed by atoms with Crippen LogP contribution in [0.15, 0.2) is 18.2 Å². The molecule has 0 fully saturated rings. The number of anilines is 1. The second-order valence-corrected chi connectivity index (χ2v) is 3.87. The van der Waals surface area contributed by atoms with Crippen molar-refractivity contribution in [2.45, 2.75) is 13.0 Å². The molecule has 0 amide bonds. The van der Waals surface area contributed by atoms with E-state index in [1.807, 2.05) is 6.07 Å². The van der Waals surface area contributed by atoms with Gasteiger partial charge in [-0.2, -0.15) is 0 Å². The summed E-state index contributed by atoms with van der Waals surface area (Å²) in [5.74, 6) is 1.39. The maximum Gasteiger partial charge on any atom is 0.227 e. The van der Waals surface area contributed by atoms with Gasteiger partial charge in [-0.1, -0.05) is 0 Å². The molecule has 6 heteroatoms. The number of ether oxygens (including phenoxy) is 2. The van der Waals surface area contributed by atoms with Gasteiger partial charge in [0.25, 0.3) is 0 Å². The van der Waals surface area contributed by atoms with Crippen molar-refractivity contribution in [3.8, 4) is 11.5 Å². The molecule has 1 aromatic carbocycles. The van der Waals surface area contributed by atoms with E-state index in [0.29, 0.717) is 24.7 Å². The number of rotatable bonds is 4. The fourth-order valence-corrected chi connectivity index (χ4v) is 1.49. The molecule has 1 aromatic rings. The third-order valence-electron chi connectivity index (χ3n) is 2.50. The standard InChI is InChI=1S/C11H14N2O4/c1-8(13(14)15)7-12-9-2-3-10-11(6-9)17-5-4-16-10/h2-3,6,8,12H,4-5,7H2,1H3. The number of nitrogens with one attached hydrogen (secondary N) is 1. The third-order valence-corrected chi connectivity index (χ3v) is 2.50. The number of fused-ring (bicyclic) bond motifs is 1. The van der Waals surface area contributed by atoms with Gasteiger partial charge in [0, 0.05) is 23.6 Å². The maximum atomic E-state index is 10.5. The Bertz CT molecular complexity index is 422. The number of nitrogens with zero attached hydrogens (tertiary/aromatic N) is 1. The summed E-state index contributed by atoms with van der Waals surface area (Å²) >= 11 is 0. The van der Waals surface area contributed by atoms with E-state index in [-0.39, 0.29) is 11.5 Å². The zero-order valence-corrected chi connectivity index (χ0v) is 9.51. The van der Waals surface area contributed by atoms with Gasteiger partial charge >= 0.3 is 0 Å². The molecular weight excluding hydrogens is 224 g/mol. The lowest BCUT2D eigenvalue weighted by molar-refractivity contribution is -0.514. The first-order valence-corrected chi connectivity index (χ1v) is 5.44. The molecule has 6 nitrogen and oxygen atoms in total. The quantitative estimate of drug-likeness (QED) is 0.636. The molecule has 0 radical (unpaired) electrons. The minimum atomic E-state index is -0.622. The molecule has 1 atom stereocenters. The lowest BCUT2D eigenvalue weighted by Crippen LogP contribution is -2.24. The normalized spacial score (nSPS) is 15.1. The minimum absolute atomic E-state index is 0.284. The Labute approximate surface area is 98.7 Å². The molecule has 0 saturated carbocycles. The highest BCUT2D eigenvalue weighted by atomic mass is 16.6. The Morgan fingerprint density at radius 2 is 2.12 bits per heavy atom. The van der Waals surface area contributed by atoms with Gasteiger partial charge in [-0.3, -0.25) is 10.1 Å². The fourth-order valence-electron chi connectivity index (χ4n) is 1.49. The summed E-state index contributed by atoms with van der Waals surface area (Å²) in [6, 6.07) is 4.79. The van der Waals surface area contributed by atoms with Crippen molar-refractivity contribution in [1.82, 2.24) is 0 Å². The molecule has 0 bridgehead atoms. The third kappa shape index (κ3) is 2.77. The largest absolute Gasteiger partial charge is 0.486 e. The number of hydrogen-bond acceptors (Lipinski definition) is 5. The van der Waals surface area contributed by atoms with E-state index in [4.69, 9.17) is 9.47 Å². The lowest BCUT2D eigenvalue weighted by Gasteiger charge is -2.19. The summed E-state index contributed by atoms with van der Waals surface area (Å²) in [6.45, 7) is 2.93. The number of benzene rings is 1. The summed E-state index contributed by atoms with van der Waals surface area (Å²) in [4.78, 5) is 10.2. The van der Waals surface area contributed by atoms with Gasteiger partial charge in [-0.05, 0) is 12.1 Å². The molecule has 92 valence electrons. The molecule has 1 aliphatic rings. The maximum absolute atomic E-state index is 10.5. The van der Waals surface area contributed by atoms with Crippen LogP contribution in [0.4, 0.5) is 5.69 Å². The van der Waals surface area contributed by atoms with Gasteiger partial charge in [-0.15, -0.1) is 0 Å². The SMILES string of the molecule is CC(CNc1ccc2c(c1)OCCO2)[N+](=O)[O-]. The molecule has 1 unspecified atom stereocenters. The van der Waals surface area contributed by atoms with Crippen molar-refractivity contribution < 1.29 is 14.4 Å². The van der Waals surface area contributed by atoms with Gasteiger partial charge in [0.15, 0.2) is 11.5 Å². The van der Waals surface area contributed by atoms with Crippen molar-refractivity contribution in [1.29, 1.82) is 0 Å². The summed E-state index contributed by atoms with van der Waals surface area (Å²) in [6.07, 6.45) is 0. The van der Waals surface area contributed by atoms with E-state index < -0.39 is 6.04 Å². The zero-order chi connectivity index (χ0) is 12.3. The number of hydrogen-bond donors (Lipinski definition) is 1. The van der Waals surface area contributed by atoms with E-state index in [1.165, 1.54) is 0 Å². The van der Waals surface area contributed by atoms with Crippen LogP contribution in [-0.4, -0.2) is 30.7 Å². The summed E-state index contributed by atoms with van der Waals surface area (Å²) in [7, 11) is 0. The molecule has 1 aliphatic heterocycles. The Morgan fingerprint density at radius 1 is 1.41 bits per heavy atom. The second-order valence-electron chi connectivity index (χ2n) is 3.87. The van der Waals surface area contributed by atoms with Crippen molar-refractivity contribution in [2.75, 3.05) is 25.1 Å². The molecule has 1 N–H and O–H groups in total. The van der Waals surface area contributed by atoms with E-state index in [2.05, 4.69) is 5.32 Å². The Kier molecular flexibility index (Phi) is 3.32. The fraction of sp³-hybridized carbons (Fsp3) is 0.455. The predicted octanol–water partition coefficient (Wildman–Crippen LogP) is 1.53. The van der Waals surface area contributed by atoms with Crippen LogP contribution in [0.3, 0.4) is 0 Å². The highest BCUT2D eigenvalue weighted by molar-refractivity contribution is 5.55. The average molecular weight is 238 g/mol. The summed E-state index contributed by atoms with van der Waals surface area (Å²) in [5, 5.41) is 13.5. The number of nitro groups is 1. The minimum Gasteiger partial charge on any atom is -0.486 e. The van der Waals surface area contributed by atoms with E-state index >= 15 is 0 Å². The van der Waals surface area contributed by atoms with Crippen LogP contribution in [0.5, 0.6) is 11.5 Å². The molecule has 17 heavy (non-hydrogen) atoms. The van der Waals surface area contributed by atoms with E-state index in [9.17, 15) is 10.1 Å². The lowest BCUT2D eigenvalue weighted by atomic mass is 10.2. The van der Waals surface area contributed by atoms with Crippen molar-refractivity contribution in [3.63, 3.8) is 0 Å². The zero-order valence-electron chi connectivity index (χ0n) is 9.51. The predicted molar refractivity (Wildman–Crippen MR) is 62.4 cm³/mol. The van der Waals surface area contributed by atoms with Crippen LogP contribution >= 0.6 is 0 Å². The van der Waals surface area contributed by atoms with Gasteiger partial charge < -0.3 is 14.8 Å². The van der Waals surface area contributed by atoms with Crippen LogP contribution in [0.2, 0.25) is 0 Å². The molecule has 0 spiro atoms. The molecule has 1 heterocycles. The molecule has 0 saturated heterocycles. The van der Waals surface area contributed by atoms with Crippen molar-refractivity contribution >= 4 is 5.69 Å². The first-order valence-electron chi connectivity index (χ1n) is 5.44. The molecule has 0 aliphatic carbocycles. The Balaban J connectivity index is 2.00. The first kappa shape index (κ1) is 11.5. The summed E-state index contributed by atoms with van der Waals surface area (Å²) < 4.78 is 10.8. The van der Waals surface area contributed by atoms with E-state index in [1.54, 1.807) is 19.1 Å². The van der Waals surface area contributed by atoms with Crippen molar-refractivity contribution in [3.05, 3.63) is 28.3 Å². The summed E-state index contributed by atoms with van der Waals surface area (Å²) in [5.41, 5.74) is 0.794. The van der Waals surface area contributed by atoms with Gasteiger partial charge in [-0.25, -0.2) is 0 Å². The van der Waals surface area contributed by atoms with E-state index in [0.717, 1.165) is 5.69 Å². The van der Waals surface area contributed by atoms with Gasteiger partial charge in [0.1, 0.15) is 13.2 Å². The monoisotopic (exact) mass is 238 g/mol. The highest BCUT2D eigenvalue weighted by Crippen LogP contribution is 2.32. The van der Waals surface area contributed by atoms with Crippen LogP contribution in [0.25, 0.3) is 0 Å². The topological polar surface area (TPSA) is 73.6 Å². The molecular formula is C11H14N2O4. The Hall–Kier alpha value is -1.98. The van der Waals surface area contributed by atoms with Crippen molar-refractivity contribution in [2.24, 2.45) is 0 Å². The smallest absolute Gasteiger partial charge is 0.227 e. The molecule has 0 aromatic heterocycles. The Morgan fingerprint density at radius 3 is 2.82 bits per heavy atom. The van der Waals surface area contributed by atoms with Crippen LogP contribution in [0, 0.1) is 10.1 Å². The van der Waals surface area contributed by atoms with Gasteiger partial charge in [0.05, 0.1) is 6.54 Å². The average Bonchev–Trinajstić information content (AvgIpc) is 2.35. The molecule has 2 rings (SSSR count). The first-order chi connectivity index (χ1) is 8.16. The van der Waals surface area contributed by atoms with Gasteiger partial charge in [0.2, 0.25) is 6.04 Å².